The number of rotatable bonds is 4. The summed E-state index contributed by atoms with van der Waals surface area (Å²) in [7, 11) is 0. The minimum absolute atomic E-state index is 0.258. The minimum Gasteiger partial charge on any atom is -0.469 e. The van der Waals surface area contributed by atoms with Crippen LogP contribution in [0.1, 0.15) is 34.7 Å². The molecule has 16 heavy (non-hydrogen) atoms. The van der Waals surface area contributed by atoms with Gasteiger partial charge in [0, 0.05) is 10.4 Å². The molecule has 0 bridgehead atoms. The van der Waals surface area contributed by atoms with E-state index in [1.807, 2.05) is 13.2 Å². The molecule has 3 heteroatoms. The van der Waals surface area contributed by atoms with Gasteiger partial charge in [-0.25, -0.2) is 0 Å². The van der Waals surface area contributed by atoms with Crippen LogP contribution in [0.5, 0.6) is 0 Å². The number of nitrogens with one attached hydrogen (secondary N) is 1. The zero-order chi connectivity index (χ0) is 11.5. The second kappa shape index (κ2) is 4.85. The topological polar surface area (TPSA) is 25.2 Å². The quantitative estimate of drug-likeness (QED) is 0.875. The standard InChI is InChI=1S/C13H17NOS/c1-4-14-13(11-7-9(2)15-8-11)12-5-6-16-10(12)3/h5-8,13-14H,4H2,1-3H3. The molecule has 2 aromatic heterocycles. The lowest BCUT2D eigenvalue weighted by atomic mass is 10.0. The first kappa shape index (κ1) is 11.4. The van der Waals surface area contributed by atoms with Gasteiger partial charge in [-0.1, -0.05) is 6.92 Å². The summed E-state index contributed by atoms with van der Waals surface area (Å²) in [6.45, 7) is 7.22. The van der Waals surface area contributed by atoms with Crippen molar-refractivity contribution in [2.24, 2.45) is 0 Å². The Bertz CT molecular complexity index is 458. The van der Waals surface area contributed by atoms with Crippen molar-refractivity contribution in [3.63, 3.8) is 0 Å². The van der Waals surface area contributed by atoms with E-state index in [1.165, 1.54) is 16.0 Å². The molecule has 0 fully saturated rings. The maximum absolute atomic E-state index is 5.39. The summed E-state index contributed by atoms with van der Waals surface area (Å²) in [4.78, 5) is 1.37. The van der Waals surface area contributed by atoms with Gasteiger partial charge in [0.15, 0.2) is 0 Å². The molecule has 1 N–H and O–H groups in total. The smallest absolute Gasteiger partial charge is 0.101 e. The van der Waals surface area contributed by atoms with Crippen LogP contribution in [-0.2, 0) is 0 Å². The molecule has 2 aromatic rings. The molecule has 0 aliphatic rings. The van der Waals surface area contributed by atoms with Crippen molar-refractivity contribution in [2.45, 2.75) is 26.8 Å². The van der Waals surface area contributed by atoms with Crippen molar-refractivity contribution >= 4 is 11.3 Å². The summed E-state index contributed by atoms with van der Waals surface area (Å²) < 4.78 is 5.39. The van der Waals surface area contributed by atoms with Crippen LogP contribution in [0, 0.1) is 13.8 Å². The molecule has 0 aliphatic heterocycles. The number of hydrogen-bond donors (Lipinski definition) is 1. The van der Waals surface area contributed by atoms with Gasteiger partial charge >= 0.3 is 0 Å². The van der Waals surface area contributed by atoms with Gasteiger partial charge < -0.3 is 9.73 Å². The Kier molecular flexibility index (Phi) is 3.46. The molecule has 0 aliphatic carbocycles. The second-order valence-corrected chi connectivity index (χ2v) is 5.03. The predicted octanol–water partition coefficient (Wildman–Crippen LogP) is 3.66. The summed E-state index contributed by atoms with van der Waals surface area (Å²) in [5, 5.41) is 5.64. The van der Waals surface area contributed by atoms with Gasteiger partial charge in [0.05, 0.1) is 12.3 Å². The van der Waals surface area contributed by atoms with Gasteiger partial charge in [0.25, 0.3) is 0 Å². The van der Waals surface area contributed by atoms with Gasteiger partial charge in [-0.05, 0) is 43.5 Å². The third-order valence-corrected chi connectivity index (χ3v) is 3.56. The first-order valence-electron chi connectivity index (χ1n) is 5.54. The molecular weight excluding hydrogens is 218 g/mol. The summed E-state index contributed by atoms with van der Waals surface area (Å²) >= 11 is 1.79. The normalized spacial score (nSPS) is 12.9. The SMILES string of the molecule is CCNC(c1coc(C)c1)c1ccsc1C. The Labute approximate surface area is 100 Å². The molecule has 1 unspecified atom stereocenters. The Balaban J connectivity index is 2.34. The van der Waals surface area contributed by atoms with Crippen molar-refractivity contribution in [2.75, 3.05) is 6.54 Å². The fraction of sp³-hybridized carbons (Fsp3) is 0.385. The van der Waals surface area contributed by atoms with Crippen LogP contribution in [0.4, 0.5) is 0 Å². The van der Waals surface area contributed by atoms with Crippen LogP contribution in [0.3, 0.4) is 0 Å². The number of furan rings is 1. The third-order valence-electron chi connectivity index (χ3n) is 2.70. The first-order chi connectivity index (χ1) is 7.72. The minimum atomic E-state index is 0.258. The summed E-state index contributed by atoms with van der Waals surface area (Å²) in [6, 6.07) is 4.55. The molecule has 0 saturated carbocycles. The molecule has 0 amide bonds. The fourth-order valence-corrected chi connectivity index (χ4v) is 2.66. The monoisotopic (exact) mass is 235 g/mol. The van der Waals surface area contributed by atoms with E-state index in [1.54, 1.807) is 11.3 Å². The molecule has 1 atom stereocenters. The van der Waals surface area contributed by atoms with E-state index in [4.69, 9.17) is 4.42 Å². The number of thiophene rings is 1. The van der Waals surface area contributed by atoms with Crippen LogP contribution >= 0.6 is 11.3 Å². The Morgan fingerprint density at radius 3 is 2.75 bits per heavy atom. The zero-order valence-corrected chi connectivity index (χ0v) is 10.7. The van der Waals surface area contributed by atoms with Crippen molar-refractivity contribution in [1.82, 2.24) is 5.32 Å². The molecular formula is C13H17NOS. The predicted molar refractivity (Wildman–Crippen MR) is 68.0 cm³/mol. The van der Waals surface area contributed by atoms with E-state index in [-0.39, 0.29) is 6.04 Å². The summed E-state index contributed by atoms with van der Waals surface area (Å²) in [5.41, 5.74) is 2.56. The van der Waals surface area contributed by atoms with Crippen LogP contribution in [0.15, 0.2) is 28.2 Å². The molecule has 0 spiro atoms. The van der Waals surface area contributed by atoms with Crippen LogP contribution in [0.2, 0.25) is 0 Å². The Morgan fingerprint density at radius 1 is 1.44 bits per heavy atom. The Hall–Kier alpha value is -1.06. The zero-order valence-electron chi connectivity index (χ0n) is 9.91. The van der Waals surface area contributed by atoms with E-state index >= 15 is 0 Å². The van der Waals surface area contributed by atoms with Crippen LogP contribution in [0.25, 0.3) is 0 Å². The Morgan fingerprint density at radius 2 is 2.25 bits per heavy atom. The van der Waals surface area contributed by atoms with Gasteiger partial charge in [-0.2, -0.15) is 0 Å². The van der Waals surface area contributed by atoms with Gasteiger partial charge in [0.1, 0.15) is 5.76 Å². The molecule has 0 radical (unpaired) electrons. The van der Waals surface area contributed by atoms with Crippen molar-refractivity contribution in [3.8, 4) is 0 Å². The summed E-state index contributed by atoms with van der Waals surface area (Å²) in [5.74, 6) is 0.964. The molecule has 2 nitrogen and oxygen atoms in total. The largest absolute Gasteiger partial charge is 0.469 e. The van der Waals surface area contributed by atoms with Crippen molar-refractivity contribution < 1.29 is 4.42 Å². The van der Waals surface area contributed by atoms with E-state index in [2.05, 4.69) is 36.7 Å². The van der Waals surface area contributed by atoms with E-state index in [9.17, 15) is 0 Å². The molecule has 0 saturated heterocycles. The maximum Gasteiger partial charge on any atom is 0.101 e. The highest BCUT2D eigenvalue weighted by Crippen LogP contribution is 2.29. The third kappa shape index (κ3) is 2.20. The molecule has 86 valence electrons. The van der Waals surface area contributed by atoms with E-state index in [0.717, 1.165) is 12.3 Å². The van der Waals surface area contributed by atoms with Crippen LogP contribution < -0.4 is 5.32 Å². The summed E-state index contributed by atoms with van der Waals surface area (Å²) in [6.07, 6.45) is 1.85. The maximum atomic E-state index is 5.39. The average Bonchev–Trinajstić information content (AvgIpc) is 2.84. The highest BCUT2D eigenvalue weighted by molar-refractivity contribution is 7.10. The van der Waals surface area contributed by atoms with Gasteiger partial charge in [-0.3, -0.25) is 0 Å². The van der Waals surface area contributed by atoms with Gasteiger partial charge in [0.2, 0.25) is 0 Å². The average molecular weight is 235 g/mol. The van der Waals surface area contributed by atoms with Crippen molar-refractivity contribution in [3.05, 3.63) is 45.5 Å². The highest BCUT2D eigenvalue weighted by Gasteiger charge is 2.17. The van der Waals surface area contributed by atoms with E-state index in [0.29, 0.717) is 0 Å². The molecule has 0 aromatic carbocycles. The molecule has 2 heterocycles. The lowest BCUT2D eigenvalue weighted by Gasteiger charge is -2.16. The lowest BCUT2D eigenvalue weighted by Crippen LogP contribution is -2.21. The molecule has 2 rings (SSSR count). The van der Waals surface area contributed by atoms with Crippen LogP contribution in [-0.4, -0.2) is 6.54 Å². The lowest BCUT2D eigenvalue weighted by molar-refractivity contribution is 0.525. The number of aryl methyl sites for hydroxylation is 2. The second-order valence-electron chi connectivity index (χ2n) is 3.91. The first-order valence-corrected chi connectivity index (χ1v) is 6.42. The van der Waals surface area contributed by atoms with Crippen molar-refractivity contribution in [1.29, 1.82) is 0 Å². The number of hydrogen-bond acceptors (Lipinski definition) is 3. The highest BCUT2D eigenvalue weighted by atomic mass is 32.1. The fourth-order valence-electron chi connectivity index (χ4n) is 1.92. The van der Waals surface area contributed by atoms with Gasteiger partial charge in [-0.15, -0.1) is 11.3 Å². The van der Waals surface area contributed by atoms with E-state index < -0.39 is 0 Å².